The van der Waals surface area contributed by atoms with Gasteiger partial charge >= 0.3 is 5.97 Å². The lowest BCUT2D eigenvalue weighted by Crippen LogP contribution is -2.48. The smallest absolute Gasteiger partial charge is 0.324 e. The van der Waals surface area contributed by atoms with Gasteiger partial charge in [-0.05, 0) is 38.1 Å². The van der Waals surface area contributed by atoms with Crippen LogP contribution in [0.5, 0.6) is 0 Å². The van der Waals surface area contributed by atoms with Gasteiger partial charge in [0, 0.05) is 19.1 Å². The van der Waals surface area contributed by atoms with Crippen molar-refractivity contribution >= 4 is 5.97 Å². The number of hydrogen-bond acceptors (Lipinski definition) is 4. The van der Waals surface area contributed by atoms with Crippen molar-refractivity contribution in [1.82, 2.24) is 10.2 Å². The Hall–Kier alpha value is -0.610. The maximum absolute atomic E-state index is 11.8. The number of likely N-dealkylation sites (N-methyl/N-ethyl adjacent to an activating group) is 1. The zero-order valence-corrected chi connectivity index (χ0v) is 11.7. The summed E-state index contributed by atoms with van der Waals surface area (Å²) in [4.78, 5) is 14.2. The molecule has 0 radical (unpaired) electrons. The van der Waals surface area contributed by atoms with E-state index in [0.29, 0.717) is 6.04 Å². The Kier molecular flexibility index (Phi) is 5.01. The highest BCUT2D eigenvalue weighted by molar-refractivity contribution is 5.76. The van der Waals surface area contributed by atoms with Gasteiger partial charge in [-0.15, -0.1) is 0 Å². The van der Waals surface area contributed by atoms with E-state index in [-0.39, 0.29) is 12.0 Å². The molecule has 18 heavy (non-hydrogen) atoms. The Morgan fingerprint density at radius 1 is 1.39 bits per heavy atom. The standard InChI is InChI=1S/C14H26N2O2/c1-3-16(9-11-5-4-6-11)10-13(14(17)18-2)15-12-7-8-12/h11-13,15H,3-10H2,1-2H3. The van der Waals surface area contributed by atoms with Crippen LogP contribution in [0.1, 0.15) is 39.0 Å². The van der Waals surface area contributed by atoms with E-state index in [4.69, 9.17) is 4.74 Å². The molecule has 0 spiro atoms. The van der Waals surface area contributed by atoms with E-state index in [2.05, 4.69) is 17.1 Å². The molecule has 2 aliphatic carbocycles. The molecule has 0 aromatic heterocycles. The van der Waals surface area contributed by atoms with Crippen LogP contribution in [-0.4, -0.2) is 49.7 Å². The highest BCUT2D eigenvalue weighted by Crippen LogP contribution is 2.27. The van der Waals surface area contributed by atoms with Crippen LogP contribution in [0.25, 0.3) is 0 Å². The molecule has 0 amide bonds. The van der Waals surface area contributed by atoms with Gasteiger partial charge in [-0.2, -0.15) is 0 Å². The molecule has 104 valence electrons. The van der Waals surface area contributed by atoms with Gasteiger partial charge in [-0.25, -0.2) is 0 Å². The van der Waals surface area contributed by atoms with Gasteiger partial charge in [-0.1, -0.05) is 13.3 Å². The lowest BCUT2D eigenvalue weighted by molar-refractivity contribution is -0.143. The van der Waals surface area contributed by atoms with Gasteiger partial charge in [0.05, 0.1) is 7.11 Å². The molecule has 0 aromatic carbocycles. The summed E-state index contributed by atoms with van der Waals surface area (Å²) in [5, 5.41) is 3.40. The predicted molar refractivity (Wildman–Crippen MR) is 71.4 cm³/mol. The van der Waals surface area contributed by atoms with Crippen LogP contribution in [0.3, 0.4) is 0 Å². The van der Waals surface area contributed by atoms with Gasteiger partial charge in [0.1, 0.15) is 6.04 Å². The molecule has 0 aliphatic heterocycles. The summed E-state index contributed by atoms with van der Waals surface area (Å²) < 4.78 is 4.90. The van der Waals surface area contributed by atoms with Gasteiger partial charge in [0.15, 0.2) is 0 Å². The summed E-state index contributed by atoms with van der Waals surface area (Å²) in [5.74, 6) is 0.734. The summed E-state index contributed by atoms with van der Waals surface area (Å²) >= 11 is 0. The number of nitrogens with one attached hydrogen (secondary N) is 1. The Morgan fingerprint density at radius 2 is 2.11 bits per heavy atom. The molecular formula is C14H26N2O2. The SMILES string of the molecule is CCN(CC1CCC1)CC(NC1CC1)C(=O)OC. The fourth-order valence-electron chi connectivity index (χ4n) is 2.50. The topological polar surface area (TPSA) is 41.6 Å². The first-order valence-corrected chi connectivity index (χ1v) is 7.29. The second-order valence-electron chi connectivity index (χ2n) is 5.67. The normalized spacial score (nSPS) is 21.7. The van der Waals surface area contributed by atoms with E-state index < -0.39 is 0 Å². The number of carbonyl (C=O) groups is 1. The molecular weight excluding hydrogens is 228 g/mol. The van der Waals surface area contributed by atoms with Crippen LogP contribution in [0.4, 0.5) is 0 Å². The zero-order chi connectivity index (χ0) is 13.0. The van der Waals surface area contributed by atoms with Crippen molar-refractivity contribution in [3.8, 4) is 0 Å². The van der Waals surface area contributed by atoms with Crippen molar-refractivity contribution in [2.75, 3.05) is 26.7 Å². The van der Waals surface area contributed by atoms with Gasteiger partial charge in [0.25, 0.3) is 0 Å². The maximum Gasteiger partial charge on any atom is 0.324 e. The van der Waals surface area contributed by atoms with Gasteiger partial charge in [0.2, 0.25) is 0 Å². The third-order valence-electron chi connectivity index (χ3n) is 4.13. The molecule has 0 saturated heterocycles. The molecule has 1 unspecified atom stereocenters. The van der Waals surface area contributed by atoms with Gasteiger partial charge in [-0.3, -0.25) is 4.79 Å². The minimum atomic E-state index is -0.150. The van der Waals surface area contributed by atoms with Crippen LogP contribution in [-0.2, 0) is 9.53 Å². The first-order chi connectivity index (χ1) is 8.72. The summed E-state index contributed by atoms with van der Waals surface area (Å²) in [6.45, 7) is 5.10. The monoisotopic (exact) mass is 254 g/mol. The lowest BCUT2D eigenvalue weighted by Gasteiger charge is -2.33. The van der Waals surface area contributed by atoms with Crippen molar-refractivity contribution < 1.29 is 9.53 Å². The van der Waals surface area contributed by atoms with Crippen LogP contribution >= 0.6 is 0 Å². The van der Waals surface area contributed by atoms with E-state index in [1.54, 1.807) is 0 Å². The highest BCUT2D eigenvalue weighted by atomic mass is 16.5. The Labute approximate surface area is 110 Å². The van der Waals surface area contributed by atoms with Crippen LogP contribution < -0.4 is 5.32 Å². The molecule has 4 nitrogen and oxygen atoms in total. The molecule has 4 heteroatoms. The molecule has 1 N–H and O–H groups in total. The molecule has 2 aliphatic rings. The quantitative estimate of drug-likeness (QED) is 0.665. The Morgan fingerprint density at radius 3 is 2.56 bits per heavy atom. The number of methoxy groups -OCH3 is 1. The summed E-state index contributed by atoms with van der Waals surface area (Å²) in [6, 6.07) is 0.388. The van der Waals surface area contributed by atoms with Crippen molar-refractivity contribution in [1.29, 1.82) is 0 Å². The number of rotatable bonds is 8. The first-order valence-electron chi connectivity index (χ1n) is 7.29. The molecule has 2 rings (SSSR count). The average Bonchev–Trinajstić information content (AvgIpc) is 3.13. The number of nitrogens with zero attached hydrogens (tertiary/aromatic N) is 1. The summed E-state index contributed by atoms with van der Waals surface area (Å²) in [7, 11) is 1.48. The van der Waals surface area contributed by atoms with Crippen LogP contribution in [0, 0.1) is 5.92 Å². The number of esters is 1. The molecule has 0 aromatic rings. The maximum atomic E-state index is 11.8. The average molecular weight is 254 g/mol. The third-order valence-corrected chi connectivity index (χ3v) is 4.13. The molecule has 0 bridgehead atoms. The van der Waals surface area contributed by atoms with E-state index >= 15 is 0 Å². The van der Waals surface area contributed by atoms with Crippen molar-refractivity contribution in [2.24, 2.45) is 5.92 Å². The Balaban J connectivity index is 1.81. The Bertz CT molecular complexity index is 275. The van der Waals surface area contributed by atoms with E-state index in [9.17, 15) is 4.79 Å². The largest absolute Gasteiger partial charge is 0.468 e. The fourth-order valence-corrected chi connectivity index (χ4v) is 2.50. The van der Waals surface area contributed by atoms with Crippen LogP contribution in [0.2, 0.25) is 0 Å². The van der Waals surface area contributed by atoms with Gasteiger partial charge < -0.3 is 15.0 Å². The second-order valence-corrected chi connectivity index (χ2v) is 5.67. The van der Waals surface area contributed by atoms with E-state index in [1.807, 2.05) is 0 Å². The molecule has 2 fully saturated rings. The molecule has 0 heterocycles. The summed E-state index contributed by atoms with van der Waals surface area (Å²) in [5.41, 5.74) is 0. The van der Waals surface area contributed by atoms with Crippen molar-refractivity contribution in [2.45, 2.75) is 51.1 Å². The van der Waals surface area contributed by atoms with E-state index in [1.165, 1.54) is 39.2 Å². The second kappa shape index (κ2) is 6.53. The van der Waals surface area contributed by atoms with Crippen molar-refractivity contribution in [3.05, 3.63) is 0 Å². The van der Waals surface area contributed by atoms with E-state index in [0.717, 1.165) is 25.6 Å². The highest BCUT2D eigenvalue weighted by Gasteiger charge is 2.31. The van der Waals surface area contributed by atoms with Crippen LogP contribution in [0.15, 0.2) is 0 Å². The predicted octanol–water partition coefficient (Wildman–Crippen LogP) is 1.40. The fraction of sp³-hybridized carbons (Fsp3) is 0.929. The molecule has 2 saturated carbocycles. The molecule has 1 atom stereocenters. The lowest BCUT2D eigenvalue weighted by atomic mass is 9.85. The minimum absolute atomic E-state index is 0.117. The first kappa shape index (κ1) is 13.8. The third kappa shape index (κ3) is 3.95. The summed E-state index contributed by atoms with van der Waals surface area (Å²) in [6.07, 6.45) is 6.48. The van der Waals surface area contributed by atoms with Crippen molar-refractivity contribution in [3.63, 3.8) is 0 Å². The number of carbonyl (C=O) groups excluding carboxylic acids is 1. The number of hydrogen-bond donors (Lipinski definition) is 1. The number of ether oxygens (including phenoxy) is 1. The minimum Gasteiger partial charge on any atom is -0.468 e. The zero-order valence-electron chi connectivity index (χ0n) is 11.7.